The summed E-state index contributed by atoms with van der Waals surface area (Å²) in [5, 5.41) is 13.8. The predicted molar refractivity (Wildman–Crippen MR) is 202 cm³/mol. The molecule has 2 saturated carbocycles. The first-order valence-electron chi connectivity index (χ1n) is 17.6. The summed E-state index contributed by atoms with van der Waals surface area (Å²) in [6, 6.07) is 8.60. The van der Waals surface area contributed by atoms with Crippen LogP contribution in [-0.4, -0.2) is 94.8 Å². The van der Waals surface area contributed by atoms with Gasteiger partial charge in [0.05, 0.1) is 30.7 Å². The van der Waals surface area contributed by atoms with Gasteiger partial charge >= 0.3 is 12.0 Å². The number of carboxylic acids is 1. The summed E-state index contributed by atoms with van der Waals surface area (Å²) in [7, 11) is -2.54. The summed E-state index contributed by atoms with van der Waals surface area (Å²) in [5.41, 5.74) is -2.55. The van der Waals surface area contributed by atoms with Crippen LogP contribution < -0.4 is 19.5 Å². The van der Waals surface area contributed by atoms with Crippen LogP contribution >= 0.6 is 11.6 Å². The number of benzene rings is 2. The first-order valence-corrected chi connectivity index (χ1v) is 19.6. The second kappa shape index (κ2) is 14.4. The largest absolute Gasteiger partial charge is 0.494 e. The minimum Gasteiger partial charge on any atom is -0.494 e. The normalized spacial score (nSPS) is 22.9. The zero-order chi connectivity index (χ0) is 39.3. The number of aromatic nitrogens is 1. The topological polar surface area (TPSA) is 185 Å². The highest BCUT2D eigenvalue weighted by Gasteiger charge is 2.68. The first-order chi connectivity index (χ1) is 25.4. The maximum absolute atomic E-state index is 15.1. The van der Waals surface area contributed by atoms with Gasteiger partial charge in [0.25, 0.3) is 11.8 Å². The molecule has 6 rings (SSSR count). The third-order valence-corrected chi connectivity index (χ3v) is 12.3. The number of nitrogens with one attached hydrogen (secondary N) is 2. The molecular weight excluding hydrogens is 738 g/mol. The highest BCUT2D eigenvalue weighted by Crippen LogP contribution is 2.52. The van der Waals surface area contributed by atoms with Gasteiger partial charge in [-0.15, -0.1) is 6.58 Å². The molecule has 2 aliphatic carbocycles. The van der Waals surface area contributed by atoms with Crippen LogP contribution in [0.1, 0.15) is 63.7 Å². The number of sulfonamides is 1. The number of fused-ring (bicyclic) bond motifs is 1. The van der Waals surface area contributed by atoms with Crippen LogP contribution in [0, 0.1) is 11.3 Å². The molecule has 0 bridgehead atoms. The number of anilines is 1. The van der Waals surface area contributed by atoms with Crippen molar-refractivity contribution in [1.82, 2.24) is 19.5 Å². The van der Waals surface area contributed by atoms with Crippen LogP contribution in [0.3, 0.4) is 0 Å². The van der Waals surface area contributed by atoms with Crippen molar-refractivity contribution < 1.29 is 42.2 Å². The van der Waals surface area contributed by atoms with Gasteiger partial charge in [-0.05, 0) is 68.0 Å². The van der Waals surface area contributed by atoms with Crippen molar-refractivity contribution in [3.8, 4) is 11.6 Å². The highest BCUT2D eigenvalue weighted by atomic mass is 35.5. The number of pyridine rings is 1. The van der Waals surface area contributed by atoms with Gasteiger partial charge in [-0.3, -0.25) is 14.3 Å². The van der Waals surface area contributed by atoms with E-state index in [2.05, 4.69) is 21.6 Å². The lowest BCUT2D eigenvalue weighted by Gasteiger charge is -2.40. The second-order valence-electron chi connectivity index (χ2n) is 15.2. The number of imide groups is 1. The van der Waals surface area contributed by atoms with Gasteiger partial charge in [0.1, 0.15) is 23.4 Å². The summed E-state index contributed by atoms with van der Waals surface area (Å²) in [5.74, 6) is -2.93. The number of carboxylic acid groups (broad SMARTS) is 1. The molecule has 1 saturated heterocycles. The van der Waals surface area contributed by atoms with Crippen LogP contribution in [0.2, 0.25) is 5.02 Å². The number of likely N-dealkylation sites (tertiary alicyclic amines) is 1. The Labute approximate surface area is 318 Å². The van der Waals surface area contributed by atoms with Crippen molar-refractivity contribution in [3.05, 3.63) is 71.9 Å². The molecule has 3 N–H and O–H groups in total. The standard InChI is InChI=1S/C38H44ClN5O9S/c1-7-23-18-38(23,35(48)42-54(50,51)27-12-13-27)44(33(45)31(37(3,4)5)41-25-10-8-9-22(16-25)34(46)47)36(49)43-20-26(15-21(43)2)53-32-29-17-24(39)11-14-28(29)30(52-6)19-40-32/h7-11,14,16-17,19,21,23,26-27,31,41H,1,12-13,15,18,20H2,2-6H3,(H,42,48)(H,46,47)/t21?,23-,26-,31-,38-/m1/s1. The summed E-state index contributed by atoms with van der Waals surface area (Å²) in [4.78, 5) is 62.8. The molecule has 4 amide bonds. The number of nitrogens with zero attached hydrogens (tertiary/aromatic N) is 3. The lowest BCUT2D eigenvalue weighted by molar-refractivity contribution is -0.141. The Morgan fingerprint density at radius 1 is 1.15 bits per heavy atom. The first kappa shape index (κ1) is 38.8. The number of halogens is 1. The fourth-order valence-corrected chi connectivity index (χ4v) is 8.57. The Kier molecular flexibility index (Phi) is 10.4. The van der Waals surface area contributed by atoms with E-state index in [1.54, 1.807) is 52.0 Å². The number of ether oxygens (including phenoxy) is 2. The Hall–Kier alpha value is -4.89. The summed E-state index contributed by atoms with van der Waals surface area (Å²) >= 11 is 6.32. The van der Waals surface area contributed by atoms with Crippen LogP contribution in [0.5, 0.6) is 11.6 Å². The van der Waals surface area contributed by atoms with E-state index in [1.807, 2.05) is 0 Å². The van der Waals surface area contributed by atoms with Crippen molar-refractivity contribution in [3.63, 3.8) is 0 Å². The SMILES string of the molecule is C=C[C@@H]1C[C@@]1(C(=O)NS(=O)(=O)C1CC1)N(C(=O)[C@@H](Nc1cccc(C(=O)O)c1)C(C)(C)C)C(=O)N1C[C@H](Oc2ncc(OC)c3ccc(Cl)cc23)CC1C. The fourth-order valence-electron chi connectivity index (χ4n) is 7.04. The predicted octanol–water partition coefficient (Wildman–Crippen LogP) is 5.47. The van der Waals surface area contributed by atoms with Crippen molar-refractivity contribution in [2.75, 3.05) is 19.0 Å². The molecule has 3 aliphatic rings. The van der Waals surface area contributed by atoms with Gasteiger partial charge in [-0.1, -0.05) is 44.5 Å². The number of carbonyl (C=O) groups excluding carboxylic acids is 3. The van der Waals surface area contributed by atoms with Crippen LogP contribution in [0.4, 0.5) is 10.5 Å². The molecule has 54 heavy (non-hydrogen) atoms. The number of aromatic carboxylic acids is 1. The van der Waals surface area contributed by atoms with Crippen LogP contribution in [-0.2, 0) is 19.6 Å². The Morgan fingerprint density at radius 3 is 2.48 bits per heavy atom. The Balaban J connectivity index is 1.37. The molecule has 16 heteroatoms. The average Bonchev–Trinajstić information content (AvgIpc) is 4.04. The van der Waals surface area contributed by atoms with Crippen molar-refractivity contribution >= 4 is 61.9 Å². The highest BCUT2D eigenvalue weighted by molar-refractivity contribution is 7.91. The second-order valence-corrected chi connectivity index (χ2v) is 17.6. The van der Waals surface area contributed by atoms with E-state index in [4.69, 9.17) is 21.1 Å². The van der Waals surface area contributed by atoms with Crippen LogP contribution in [0.15, 0.2) is 61.3 Å². The quantitative estimate of drug-likeness (QED) is 0.198. The summed E-state index contributed by atoms with van der Waals surface area (Å²) < 4.78 is 40.2. The van der Waals surface area contributed by atoms with Gasteiger partial charge < -0.3 is 24.8 Å². The van der Waals surface area contributed by atoms with E-state index in [-0.39, 0.29) is 24.4 Å². The molecule has 1 unspecified atom stereocenters. The zero-order valence-electron chi connectivity index (χ0n) is 30.7. The smallest absolute Gasteiger partial charge is 0.335 e. The van der Waals surface area contributed by atoms with Gasteiger partial charge in [-0.2, -0.15) is 0 Å². The van der Waals surface area contributed by atoms with E-state index in [0.29, 0.717) is 41.1 Å². The number of methoxy groups -OCH3 is 1. The molecule has 5 atom stereocenters. The summed E-state index contributed by atoms with van der Waals surface area (Å²) in [6.45, 7) is 10.9. The Bertz CT molecular complexity index is 2140. The molecule has 1 aliphatic heterocycles. The molecular formula is C38H44ClN5O9S. The van der Waals surface area contributed by atoms with Crippen molar-refractivity contribution in [1.29, 1.82) is 0 Å². The third kappa shape index (κ3) is 7.43. The molecule has 2 aromatic carbocycles. The van der Waals surface area contributed by atoms with E-state index in [1.165, 1.54) is 42.5 Å². The van der Waals surface area contributed by atoms with Gasteiger partial charge in [-0.25, -0.2) is 27.9 Å². The number of amides is 4. The van der Waals surface area contributed by atoms with E-state index in [9.17, 15) is 27.9 Å². The number of carbonyl (C=O) groups is 4. The van der Waals surface area contributed by atoms with E-state index >= 15 is 4.79 Å². The molecule has 0 radical (unpaired) electrons. The fraction of sp³-hybridized carbons (Fsp3) is 0.447. The van der Waals surface area contributed by atoms with E-state index < -0.39 is 74.1 Å². The van der Waals surface area contributed by atoms with Gasteiger partial charge in [0.15, 0.2) is 0 Å². The van der Waals surface area contributed by atoms with E-state index in [0.717, 1.165) is 10.3 Å². The van der Waals surface area contributed by atoms with Crippen molar-refractivity contribution in [2.45, 2.75) is 82.4 Å². The minimum absolute atomic E-state index is 0.00461. The molecule has 288 valence electrons. The van der Waals surface area contributed by atoms with Gasteiger partial charge in [0, 0.05) is 39.9 Å². The maximum atomic E-state index is 15.1. The lowest BCUT2D eigenvalue weighted by atomic mass is 9.85. The number of urea groups is 1. The average molecular weight is 782 g/mol. The minimum atomic E-state index is -4.07. The maximum Gasteiger partial charge on any atom is 0.335 e. The Morgan fingerprint density at radius 2 is 1.87 bits per heavy atom. The lowest BCUT2D eigenvalue weighted by Crippen LogP contribution is -2.64. The third-order valence-electron chi connectivity index (χ3n) is 10.3. The van der Waals surface area contributed by atoms with Gasteiger partial charge in [0.2, 0.25) is 15.9 Å². The monoisotopic (exact) mass is 781 g/mol. The number of hydrogen-bond donors (Lipinski definition) is 3. The molecule has 3 fully saturated rings. The molecule has 3 aromatic rings. The molecule has 0 spiro atoms. The number of hydrogen-bond acceptors (Lipinski definition) is 10. The summed E-state index contributed by atoms with van der Waals surface area (Å²) in [6.07, 6.45) is 3.46. The zero-order valence-corrected chi connectivity index (χ0v) is 32.2. The molecule has 2 heterocycles. The number of rotatable bonds is 12. The van der Waals surface area contributed by atoms with Crippen molar-refractivity contribution in [2.24, 2.45) is 11.3 Å². The molecule has 1 aromatic heterocycles. The van der Waals surface area contributed by atoms with Crippen LogP contribution in [0.25, 0.3) is 10.8 Å². The molecule has 14 nitrogen and oxygen atoms in total.